The molecular weight excluding hydrogens is 365 g/mol. The molecule has 2 aliphatic rings. The first-order chi connectivity index (χ1) is 11.6. The van der Waals surface area contributed by atoms with E-state index < -0.39 is 0 Å². The fourth-order valence-corrected chi connectivity index (χ4v) is 5.21. The number of likely N-dealkylation sites (N-methyl/N-ethyl adjacent to an activating group) is 1. The molecule has 2 aromatic rings. The summed E-state index contributed by atoms with van der Waals surface area (Å²) >= 11 is 14.1. The van der Waals surface area contributed by atoms with Crippen LogP contribution in [0.1, 0.15) is 39.5 Å². The predicted molar refractivity (Wildman–Crippen MR) is 98.4 cm³/mol. The smallest absolute Gasteiger partial charge is 0.256 e. The van der Waals surface area contributed by atoms with Gasteiger partial charge in [-0.25, -0.2) is 0 Å². The quantitative estimate of drug-likeness (QED) is 0.747. The summed E-state index contributed by atoms with van der Waals surface area (Å²) in [7, 11) is 0. The summed E-state index contributed by atoms with van der Waals surface area (Å²) in [5.74, 6) is -0.0257. The Labute approximate surface area is 154 Å². The highest BCUT2D eigenvalue weighted by Gasteiger charge is 2.34. The third-order valence-corrected chi connectivity index (χ3v) is 6.80. The maximum atomic E-state index is 12.7. The number of fused-ring (bicyclic) bond motifs is 3. The minimum absolute atomic E-state index is 0.0257. The van der Waals surface area contributed by atoms with Crippen LogP contribution in [0.3, 0.4) is 0 Å². The largest absolute Gasteiger partial charge is 0.353 e. The van der Waals surface area contributed by atoms with E-state index in [0.29, 0.717) is 10.0 Å². The van der Waals surface area contributed by atoms with Crippen LogP contribution in [0.25, 0.3) is 0 Å². The van der Waals surface area contributed by atoms with Gasteiger partial charge in [0.25, 0.3) is 5.91 Å². The fraction of sp³-hybridized carbons (Fsp3) is 0.353. The van der Waals surface area contributed by atoms with Crippen LogP contribution in [0, 0.1) is 0 Å². The number of nitrogens with one attached hydrogen (secondary N) is 3. The molecule has 126 valence electrons. The molecule has 1 aromatic heterocycles. The fourth-order valence-electron chi connectivity index (χ4n) is 3.45. The van der Waals surface area contributed by atoms with E-state index in [9.17, 15) is 4.79 Å². The number of thiophene rings is 1. The van der Waals surface area contributed by atoms with Crippen molar-refractivity contribution in [3.63, 3.8) is 0 Å². The van der Waals surface area contributed by atoms with Crippen LogP contribution in [-0.2, 0) is 13.0 Å². The molecular formula is C17H18Cl2N3OS+. The Kier molecular flexibility index (Phi) is 4.21. The highest BCUT2D eigenvalue weighted by Crippen LogP contribution is 2.40. The molecule has 1 aromatic carbocycles. The third-order valence-electron chi connectivity index (χ3n) is 4.80. The Hall–Kier alpha value is -1.27. The van der Waals surface area contributed by atoms with E-state index >= 15 is 0 Å². The molecule has 0 aliphatic carbocycles. The van der Waals surface area contributed by atoms with E-state index in [2.05, 4.69) is 17.6 Å². The predicted octanol–water partition coefficient (Wildman–Crippen LogP) is 2.87. The van der Waals surface area contributed by atoms with Crippen LogP contribution in [0.2, 0.25) is 10.0 Å². The van der Waals surface area contributed by atoms with E-state index in [1.807, 2.05) is 12.1 Å². The first kappa shape index (κ1) is 16.2. The van der Waals surface area contributed by atoms with Gasteiger partial charge in [0.2, 0.25) is 0 Å². The lowest BCUT2D eigenvalue weighted by molar-refractivity contribution is -0.913. The Morgan fingerprint density at radius 2 is 2.17 bits per heavy atom. The molecule has 0 fully saturated rings. The number of carbonyl (C=O) groups excluding carboxylic acids is 1. The molecule has 7 heteroatoms. The van der Waals surface area contributed by atoms with Crippen LogP contribution in [0.15, 0.2) is 18.2 Å². The summed E-state index contributed by atoms with van der Waals surface area (Å²) < 4.78 is 0. The van der Waals surface area contributed by atoms with E-state index in [0.717, 1.165) is 42.2 Å². The minimum Gasteiger partial charge on any atom is -0.353 e. The number of benzene rings is 1. The molecule has 3 N–H and O–H groups in total. The first-order valence-electron chi connectivity index (χ1n) is 8.08. The molecule has 0 saturated heterocycles. The summed E-state index contributed by atoms with van der Waals surface area (Å²) in [6.45, 7) is 5.41. The molecule has 0 radical (unpaired) electrons. The zero-order valence-electron chi connectivity index (χ0n) is 13.2. The number of hydrogen-bond donors (Lipinski definition) is 3. The summed E-state index contributed by atoms with van der Waals surface area (Å²) in [4.78, 5) is 15.6. The Morgan fingerprint density at radius 3 is 2.96 bits per heavy atom. The van der Waals surface area contributed by atoms with Gasteiger partial charge < -0.3 is 15.5 Å². The monoisotopic (exact) mass is 382 g/mol. The third kappa shape index (κ3) is 2.60. The van der Waals surface area contributed by atoms with Crippen molar-refractivity contribution in [2.45, 2.75) is 26.1 Å². The minimum atomic E-state index is -0.356. The summed E-state index contributed by atoms with van der Waals surface area (Å²) in [5.41, 5.74) is 2.82. The number of rotatable bonds is 2. The Balaban J connectivity index is 1.70. The number of halogens is 2. The van der Waals surface area contributed by atoms with Crippen molar-refractivity contribution < 1.29 is 9.69 Å². The van der Waals surface area contributed by atoms with Crippen LogP contribution in [-0.4, -0.2) is 19.0 Å². The highest BCUT2D eigenvalue weighted by molar-refractivity contribution is 7.16. The van der Waals surface area contributed by atoms with Crippen molar-refractivity contribution in [2.75, 3.05) is 18.4 Å². The van der Waals surface area contributed by atoms with Gasteiger partial charge in [0.15, 0.2) is 0 Å². The maximum Gasteiger partial charge on any atom is 0.256 e. The summed E-state index contributed by atoms with van der Waals surface area (Å²) in [6.07, 6.45) is 0.605. The lowest BCUT2D eigenvalue weighted by Gasteiger charge is -2.28. The second-order valence-corrected chi connectivity index (χ2v) is 8.07. The second kappa shape index (κ2) is 6.23. The molecule has 24 heavy (non-hydrogen) atoms. The van der Waals surface area contributed by atoms with Gasteiger partial charge in [0.1, 0.15) is 17.7 Å². The van der Waals surface area contributed by atoms with E-state index in [1.165, 1.54) is 10.4 Å². The molecule has 1 amide bonds. The molecule has 4 nitrogen and oxygen atoms in total. The lowest BCUT2D eigenvalue weighted by atomic mass is 10.0. The van der Waals surface area contributed by atoms with Gasteiger partial charge in [-0.1, -0.05) is 35.3 Å². The molecule has 0 saturated carbocycles. The Bertz CT molecular complexity index is 820. The molecule has 1 unspecified atom stereocenters. The topological polar surface area (TPSA) is 45.6 Å². The number of anilines is 1. The van der Waals surface area contributed by atoms with Crippen molar-refractivity contribution in [3.05, 3.63) is 49.8 Å². The van der Waals surface area contributed by atoms with Crippen molar-refractivity contribution >= 4 is 45.4 Å². The van der Waals surface area contributed by atoms with Gasteiger partial charge in [0, 0.05) is 12.0 Å². The van der Waals surface area contributed by atoms with E-state index in [4.69, 9.17) is 23.2 Å². The van der Waals surface area contributed by atoms with Gasteiger partial charge in [-0.15, -0.1) is 11.3 Å². The van der Waals surface area contributed by atoms with Gasteiger partial charge in [-0.05, 0) is 18.6 Å². The highest BCUT2D eigenvalue weighted by atomic mass is 35.5. The van der Waals surface area contributed by atoms with Crippen LogP contribution < -0.4 is 15.5 Å². The van der Waals surface area contributed by atoms with E-state index in [-0.39, 0.29) is 12.1 Å². The number of carbonyl (C=O) groups is 1. The van der Waals surface area contributed by atoms with E-state index in [1.54, 1.807) is 22.3 Å². The number of quaternary nitrogens is 1. The van der Waals surface area contributed by atoms with Crippen LogP contribution in [0.5, 0.6) is 0 Å². The summed E-state index contributed by atoms with van der Waals surface area (Å²) in [5, 5.41) is 8.37. The molecule has 0 bridgehead atoms. The maximum absolute atomic E-state index is 12.7. The van der Waals surface area contributed by atoms with Gasteiger partial charge in [-0.3, -0.25) is 4.79 Å². The SMILES string of the molecule is CC[NH+]1CCc2c(sc3c2C(=O)N[C@H](c2cccc(Cl)c2Cl)N3)C1. The average molecular weight is 383 g/mol. The van der Waals surface area contributed by atoms with Crippen molar-refractivity contribution in [1.82, 2.24) is 5.32 Å². The standard InChI is InChI=1S/C17H17Cl2N3OS/c1-2-22-7-6-9-12(8-22)24-17-13(9)16(23)20-15(21-17)10-4-3-5-11(18)14(10)19/h3-5,15,21H,2,6-8H2,1H3,(H,20,23)/p+1/t15-/m0/s1. The molecule has 2 atom stereocenters. The number of hydrogen-bond acceptors (Lipinski definition) is 3. The van der Waals surface area contributed by atoms with Crippen LogP contribution >= 0.6 is 34.5 Å². The number of amides is 1. The normalized spacial score (nSPS) is 22.4. The first-order valence-corrected chi connectivity index (χ1v) is 9.65. The Morgan fingerprint density at radius 1 is 1.33 bits per heavy atom. The molecule has 0 spiro atoms. The molecule has 2 aliphatic heterocycles. The van der Waals surface area contributed by atoms with Gasteiger partial charge in [-0.2, -0.15) is 0 Å². The van der Waals surface area contributed by atoms with Crippen molar-refractivity contribution in [2.24, 2.45) is 0 Å². The van der Waals surface area contributed by atoms with Gasteiger partial charge >= 0.3 is 0 Å². The van der Waals surface area contributed by atoms with Crippen molar-refractivity contribution in [3.8, 4) is 0 Å². The summed E-state index contributed by atoms with van der Waals surface area (Å²) in [6, 6.07) is 5.47. The second-order valence-electron chi connectivity index (χ2n) is 6.18. The van der Waals surface area contributed by atoms with Crippen molar-refractivity contribution in [1.29, 1.82) is 0 Å². The zero-order valence-corrected chi connectivity index (χ0v) is 15.5. The molecule has 4 rings (SSSR count). The van der Waals surface area contributed by atoms with Crippen LogP contribution in [0.4, 0.5) is 5.00 Å². The average Bonchev–Trinajstić information content (AvgIpc) is 2.94. The van der Waals surface area contributed by atoms with Gasteiger partial charge in [0.05, 0.1) is 33.6 Å². The molecule has 3 heterocycles. The zero-order chi connectivity index (χ0) is 16.8. The lowest BCUT2D eigenvalue weighted by Crippen LogP contribution is -3.11.